The van der Waals surface area contributed by atoms with Crippen molar-refractivity contribution in [3.63, 3.8) is 0 Å². The zero-order valence-electron chi connectivity index (χ0n) is 45.6. The molecular weight excluding hydrogens is 1070 g/mol. The van der Waals surface area contributed by atoms with Gasteiger partial charge in [-0.2, -0.15) is 0 Å². The van der Waals surface area contributed by atoms with E-state index < -0.39 is 173 Å². The second kappa shape index (κ2) is 42.2. The molecule has 25 heteroatoms. The van der Waals surface area contributed by atoms with Crippen LogP contribution in [-0.2, 0) is 119 Å². The van der Waals surface area contributed by atoms with Gasteiger partial charge in [-0.1, -0.05) is 65.8 Å². The van der Waals surface area contributed by atoms with E-state index in [2.05, 4.69) is 65.8 Å². The first-order valence-corrected chi connectivity index (χ1v) is 24.4. The molecular formula is C56H74O25. The average Bonchev–Trinajstić information content (AvgIpc) is 3.49. The van der Waals surface area contributed by atoms with Gasteiger partial charge >= 0.3 is 47.8 Å². The molecule has 0 N–H and O–H groups in total. The zero-order valence-corrected chi connectivity index (χ0v) is 45.6. The summed E-state index contributed by atoms with van der Waals surface area (Å²) in [5.41, 5.74) is -5.95. The third kappa shape index (κ3) is 32.8. The minimum atomic E-state index is -1.49. The molecule has 0 aliphatic heterocycles. The smallest absolute Gasteiger partial charge is 0.330 e. The molecule has 25 nitrogen and oxygen atoms in total. The van der Waals surface area contributed by atoms with Crippen LogP contribution in [0.15, 0.2) is 127 Å². The number of hydrogen-bond donors (Lipinski definition) is 0. The minimum Gasteiger partial charge on any atom is -0.462 e. The SMILES string of the molecule is C=CC(=O)COCC(COCC(COCCOCCOCC(COCC(COCC(=O)C=C)(COC(=O)C=C)COC(=O)C=C)(COC(=O)C=C)COC(=O)C=C)(COC(=O)C=C)COC(=O)C=C)(COC(=O)C=C)COC(=O)C=C. The van der Waals surface area contributed by atoms with Gasteiger partial charge in [0.2, 0.25) is 0 Å². The van der Waals surface area contributed by atoms with Crippen molar-refractivity contribution in [2.24, 2.45) is 21.7 Å². The first-order valence-electron chi connectivity index (χ1n) is 24.4. The highest BCUT2D eigenvalue weighted by molar-refractivity contribution is 5.90. The van der Waals surface area contributed by atoms with E-state index in [4.69, 9.17) is 71.1 Å². The Hall–Kier alpha value is -7.78. The molecule has 0 rings (SSSR count). The third-order valence-corrected chi connectivity index (χ3v) is 10.5. The van der Waals surface area contributed by atoms with Crippen LogP contribution in [0, 0.1) is 21.7 Å². The molecule has 0 amide bonds. The standard InChI is InChI=1S/C56H74O25/c1-11-43(57)25-70-29-55(39-78-49(63)17-7,40-79-50(64)18-8)33-72-31-53(35-74-45(59)13-3,36-75-46(60)14-4)27-68-23-21-67-22-24-69-28-54(37-76-47(61)15-5,38-77-48(62)16-6)32-73-34-56(41-80-51(65)19-9,42-81-52(66)20-10)30-71-26-44(58)12-2/h11-20H,1-10,21-42H2. The van der Waals surface area contributed by atoms with Crippen molar-refractivity contribution in [1.29, 1.82) is 0 Å². The van der Waals surface area contributed by atoms with Gasteiger partial charge in [-0.25, -0.2) is 38.4 Å². The van der Waals surface area contributed by atoms with Crippen LogP contribution in [0.4, 0.5) is 0 Å². The maximum atomic E-state index is 12.4. The van der Waals surface area contributed by atoms with Crippen molar-refractivity contribution in [2.75, 3.05) is 145 Å². The summed E-state index contributed by atoms with van der Waals surface area (Å²) in [5.74, 6) is -7.83. The molecule has 0 heterocycles. The topological polar surface area (TPSA) is 309 Å². The van der Waals surface area contributed by atoms with Crippen molar-refractivity contribution in [3.05, 3.63) is 127 Å². The number of ether oxygens (including phenoxy) is 15. The Labute approximate surface area is 470 Å². The number of esters is 8. The van der Waals surface area contributed by atoms with E-state index in [1.807, 2.05) is 0 Å². The van der Waals surface area contributed by atoms with Crippen LogP contribution in [0.5, 0.6) is 0 Å². The van der Waals surface area contributed by atoms with Crippen LogP contribution in [0.2, 0.25) is 0 Å². The Morgan fingerprint density at radius 1 is 0.222 bits per heavy atom. The molecule has 0 atom stereocenters. The molecule has 0 aliphatic rings. The second-order valence-corrected chi connectivity index (χ2v) is 17.5. The number of hydrogen-bond acceptors (Lipinski definition) is 25. The van der Waals surface area contributed by atoms with Crippen LogP contribution < -0.4 is 0 Å². The maximum Gasteiger partial charge on any atom is 0.330 e. The van der Waals surface area contributed by atoms with Crippen LogP contribution in [0.1, 0.15) is 0 Å². The minimum absolute atomic E-state index is 0.0933. The summed E-state index contributed by atoms with van der Waals surface area (Å²) in [6.45, 7) is 25.6. The molecule has 0 bridgehead atoms. The normalized spacial score (nSPS) is 11.2. The fourth-order valence-corrected chi connectivity index (χ4v) is 6.00. The van der Waals surface area contributed by atoms with Crippen LogP contribution in [0.3, 0.4) is 0 Å². The number of carbonyl (C=O) groups is 10. The highest BCUT2D eigenvalue weighted by Gasteiger charge is 2.41. The molecule has 0 aromatic heterocycles. The van der Waals surface area contributed by atoms with E-state index in [0.717, 1.165) is 60.8 Å². The lowest BCUT2D eigenvalue weighted by Crippen LogP contribution is -2.47. The summed E-state index contributed by atoms with van der Waals surface area (Å²) in [6, 6.07) is 0. The quantitative estimate of drug-likeness (QED) is 0.0365. The highest BCUT2D eigenvalue weighted by Crippen LogP contribution is 2.28. The molecule has 448 valence electrons. The van der Waals surface area contributed by atoms with Crippen molar-refractivity contribution in [2.45, 2.75) is 0 Å². The lowest BCUT2D eigenvalue weighted by atomic mass is 9.90. The van der Waals surface area contributed by atoms with Crippen LogP contribution in [0.25, 0.3) is 0 Å². The average molecular weight is 1150 g/mol. The van der Waals surface area contributed by atoms with Crippen LogP contribution >= 0.6 is 0 Å². The predicted molar refractivity (Wildman–Crippen MR) is 285 cm³/mol. The Balaban J connectivity index is 6.59. The van der Waals surface area contributed by atoms with E-state index >= 15 is 0 Å². The zero-order chi connectivity index (χ0) is 61.0. The summed E-state index contributed by atoms with van der Waals surface area (Å²) < 4.78 is 83.8. The number of carbonyl (C=O) groups excluding carboxylic acids is 10. The van der Waals surface area contributed by atoms with Gasteiger partial charge in [-0.3, -0.25) is 9.59 Å². The number of rotatable bonds is 52. The van der Waals surface area contributed by atoms with Gasteiger partial charge in [0.15, 0.2) is 11.6 Å². The van der Waals surface area contributed by atoms with E-state index in [-0.39, 0.29) is 52.9 Å². The fourth-order valence-electron chi connectivity index (χ4n) is 6.00. The predicted octanol–water partition coefficient (Wildman–Crippen LogP) is 2.39. The van der Waals surface area contributed by atoms with Gasteiger partial charge in [0.05, 0.1) is 101 Å². The van der Waals surface area contributed by atoms with Crippen molar-refractivity contribution >= 4 is 59.3 Å². The largest absolute Gasteiger partial charge is 0.462 e. The molecule has 0 aromatic carbocycles. The van der Waals surface area contributed by atoms with E-state index in [1.54, 1.807) is 0 Å². The molecule has 0 saturated carbocycles. The molecule has 81 heavy (non-hydrogen) atoms. The van der Waals surface area contributed by atoms with E-state index in [0.29, 0.717) is 0 Å². The maximum absolute atomic E-state index is 12.4. The Bertz CT molecular complexity index is 1940. The molecule has 0 radical (unpaired) electrons. The van der Waals surface area contributed by atoms with Crippen LogP contribution in [-0.4, -0.2) is 205 Å². The van der Waals surface area contributed by atoms with Gasteiger partial charge < -0.3 is 71.1 Å². The fraction of sp³-hybridized carbons (Fsp3) is 0.464. The Morgan fingerprint density at radius 2 is 0.395 bits per heavy atom. The lowest BCUT2D eigenvalue weighted by molar-refractivity contribution is -0.169. The second-order valence-electron chi connectivity index (χ2n) is 17.5. The monoisotopic (exact) mass is 1150 g/mol. The number of ketones is 2. The van der Waals surface area contributed by atoms with E-state index in [9.17, 15) is 47.9 Å². The Morgan fingerprint density at radius 3 is 0.580 bits per heavy atom. The summed E-state index contributed by atoms with van der Waals surface area (Å²) in [5, 5.41) is 0. The Kier molecular flexibility index (Phi) is 38.1. The first-order chi connectivity index (χ1) is 38.7. The first kappa shape index (κ1) is 73.2. The molecule has 0 unspecified atom stereocenters. The van der Waals surface area contributed by atoms with Gasteiger partial charge in [0, 0.05) is 48.6 Å². The van der Waals surface area contributed by atoms with Gasteiger partial charge in [-0.15, -0.1) is 0 Å². The van der Waals surface area contributed by atoms with Gasteiger partial charge in [-0.05, 0) is 12.2 Å². The van der Waals surface area contributed by atoms with Crippen molar-refractivity contribution < 1.29 is 119 Å². The molecule has 0 aromatic rings. The van der Waals surface area contributed by atoms with Gasteiger partial charge in [0.25, 0.3) is 0 Å². The summed E-state index contributed by atoms with van der Waals surface area (Å²) >= 11 is 0. The molecule has 0 aliphatic carbocycles. The molecule has 0 spiro atoms. The molecule has 0 fully saturated rings. The van der Waals surface area contributed by atoms with Crippen molar-refractivity contribution in [3.8, 4) is 0 Å². The van der Waals surface area contributed by atoms with E-state index in [1.165, 1.54) is 0 Å². The summed E-state index contributed by atoms with van der Waals surface area (Å²) in [7, 11) is 0. The third-order valence-electron chi connectivity index (χ3n) is 10.5. The summed E-state index contributed by atoms with van der Waals surface area (Å²) in [4.78, 5) is 122. The molecule has 0 saturated heterocycles. The van der Waals surface area contributed by atoms with Crippen molar-refractivity contribution in [1.82, 2.24) is 0 Å². The van der Waals surface area contributed by atoms with Gasteiger partial charge in [0.1, 0.15) is 66.1 Å². The lowest BCUT2D eigenvalue weighted by Gasteiger charge is -2.35. The summed E-state index contributed by atoms with van der Waals surface area (Å²) in [6.07, 6.45) is 9.18. The highest BCUT2D eigenvalue weighted by atomic mass is 16.6.